The Morgan fingerprint density at radius 3 is 2.38 bits per heavy atom. The Morgan fingerprint density at radius 1 is 1.03 bits per heavy atom. The molecule has 0 saturated heterocycles. The van der Waals surface area contributed by atoms with Crippen LogP contribution in [-0.4, -0.2) is 46.2 Å². The summed E-state index contributed by atoms with van der Waals surface area (Å²) >= 11 is 1.28. The molecule has 0 unspecified atom stereocenters. The fourth-order valence-electron chi connectivity index (χ4n) is 3.79. The number of nitrogens with one attached hydrogen (secondary N) is 2. The first-order chi connectivity index (χ1) is 16.2. The topological polar surface area (TPSA) is 102 Å². The summed E-state index contributed by atoms with van der Waals surface area (Å²) in [6, 6.07) is 9.26. The molecule has 0 aliphatic heterocycles. The number of imidazole rings is 1. The van der Waals surface area contributed by atoms with Crippen LogP contribution in [0.5, 0.6) is 0 Å². The zero-order valence-corrected chi connectivity index (χ0v) is 21.0. The summed E-state index contributed by atoms with van der Waals surface area (Å²) in [5, 5.41) is 6.21. The second-order valence-corrected chi connectivity index (χ2v) is 8.89. The van der Waals surface area contributed by atoms with Gasteiger partial charge in [-0.15, -0.1) is 0 Å². The van der Waals surface area contributed by atoms with E-state index in [-0.39, 0.29) is 24.1 Å². The third-order valence-corrected chi connectivity index (χ3v) is 6.24. The van der Waals surface area contributed by atoms with Crippen molar-refractivity contribution in [3.8, 4) is 0 Å². The van der Waals surface area contributed by atoms with E-state index in [9.17, 15) is 14.4 Å². The summed E-state index contributed by atoms with van der Waals surface area (Å²) in [6.45, 7) is 10.5. The van der Waals surface area contributed by atoms with E-state index >= 15 is 0 Å². The number of nitrogens with zero attached hydrogens (tertiary/aromatic N) is 2. The maximum atomic E-state index is 12.4. The standard InChI is InChI=1S/C25H30N4O4S/c1-6-29-20-9-8-18(24(32)33-7-2)12-19(20)27-25(29)34-14-22(31)26-13-21(30)28-23-16(4)10-15(3)11-17(23)5/h8-12H,6-7,13-14H2,1-5H3,(H,26,31)(H,28,30). The molecule has 1 heterocycles. The number of rotatable bonds is 9. The highest BCUT2D eigenvalue weighted by molar-refractivity contribution is 7.99. The van der Waals surface area contributed by atoms with Crippen LogP contribution in [-0.2, 0) is 20.9 Å². The van der Waals surface area contributed by atoms with Crippen LogP contribution in [0.25, 0.3) is 11.0 Å². The second-order valence-electron chi connectivity index (χ2n) is 7.95. The molecule has 0 aliphatic rings. The van der Waals surface area contributed by atoms with Crippen molar-refractivity contribution in [3.63, 3.8) is 0 Å². The van der Waals surface area contributed by atoms with Crippen molar-refractivity contribution in [2.45, 2.75) is 46.3 Å². The molecule has 0 aliphatic carbocycles. The van der Waals surface area contributed by atoms with Gasteiger partial charge in [-0.25, -0.2) is 9.78 Å². The van der Waals surface area contributed by atoms with Crippen molar-refractivity contribution in [1.82, 2.24) is 14.9 Å². The predicted octanol–water partition coefficient (Wildman–Crippen LogP) is 4.01. The smallest absolute Gasteiger partial charge is 0.338 e. The number of esters is 1. The van der Waals surface area contributed by atoms with Crippen molar-refractivity contribution < 1.29 is 19.1 Å². The molecule has 180 valence electrons. The first kappa shape index (κ1) is 25.3. The first-order valence-electron chi connectivity index (χ1n) is 11.2. The minimum Gasteiger partial charge on any atom is -0.462 e. The maximum absolute atomic E-state index is 12.4. The largest absolute Gasteiger partial charge is 0.462 e. The van der Waals surface area contributed by atoms with E-state index in [1.54, 1.807) is 19.1 Å². The molecule has 3 rings (SSSR count). The van der Waals surface area contributed by atoms with Crippen molar-refractivity contribution in [2.75, 3.05) is 24.2 Å². The Kier molecular flexibility index (Phi) is 8.33. The van der Waals surface area contributed by atoms with Crippen LogP contribution >= 0.6 is 11.8 Å². The van der Waals surface area contributed by atoms with Gasteiger partial charge < -0.3 is 19.9 Å². The Morgan fingerprint density at radius 2 is 1.74 bits per heavy atom. The maximum Gasteiger partial charge on any atom is 0.338 e. The lowest BCUT2D eigenvalue weighted by Crippen LogP contribution is -2.34. The summed E-state index contributed by atoms with van der Waals surface area (Å²) in [5.74, 6) is -0.817. The van der Waals surface area contributed by atoms with Crippen LogP contribution < -0.4 is 10.6 Å². The number of carbonyl (C=O) groups excluding carboxylic acids is 3. The normalized spacial score (nSPS) is 10.9. The van der Waals surface area contributed by atoms with Crippen molar-refractivity contribution in [3.05, 3.63) is 52.6 Å². The molecule has 8 nitrogen and oxygen atoms in total. The summed E-state index contributed by atoms with van der Waals surface area (Å²) in [6.07, 6.45) is 0. The first-order valence-corrected chi connectivity index (χ1v) is 12.2. The highest BCUT2D eigenvalue weighted by Crippen LogP contribution is 2.25. The second kappa shape index (κ2) is 11.2. The van der Waals surface area contributed by atoms with Gasteiger partial charge in [0.2, 0.25) is 11.8 Å². The van der Waals surface area contributed by atoms with Gasteiger partial charge in [0.15, 0.2) is 5.16 Å². The van der Waals surface area contributed by atoms with E-state index in [0.717, 1.165) is 27.9 Å². The lowest BCUT2D eigenvalue weighted by molar-refractivity contribution is -0.122. The van der Waals surface area contributed by atoms with Gasteiger partial charge >= 0.3 is 5.97 Å². The molecule has 34 heavy (non-hydrogen) atoms. The third kappa shape index (κ3) is 5.96. The Balaban J connectivity index is 1.59. The van der Waals surface area contributed by atoms with Gasteiger partial charge in [-0.05, 0) is 63.9 Å². The molecule has 1 aromatic heterocycles. The number of aromatic nitrogens is 2. The van der Waals surface area contributed by atoms with Crippen LogP contribution in [0.3, 0.4) is 0 Å². The van der Waals surface area contributed by atoms with E-state index in [1.807, 2.05) is 50.5 Å². The quantitative estimate of drug-likeness (QED) is 0.353. The van der Waals surface area contributed by atoms with Crippen LogP contribution in [0.4, 0.5) is 5.69 Å². The Hall–Kier alpha value is -3.33. The monoisotopic (exact) mass is 482 g/mol. The summed E-state index contributed by atoms with van der Waals surface area (Å²) in [4.78, 5) is 41.3. The minimum absolute atomic E-state index is 0.112. The number of carbonyl (C=O) groups is 3. The molecular formula is C25H30N4O4S. The van der Waals surface area contributed by atoms with Gasteiger partial charge in [0.1, 0.15) is 0 Å². The van der Waals surface area contributed by atoms with Crippen LogP contribution in [0, 0.1) is 20.8 Å². The molecule has 3 aromatic rings. The molecular weight excluding hydrogens is 452 g/mol. The summed E-state index contributed by atoms with van der Waals surface area (Å²) in [5.41, 5.74) is 5.86. The van der Waals surface area contributed by atoms with E-state index in [2.05, 4.69) is 15.6 Å². The highest BCUT2D eigenvalue weighted by atomic mass is 32.2. The van der Waals surface area contributed by atoms with Crippen LogP contribution in [0.2, 0.25) is 0 Å². The number of hydrogen-bond acceptors (Lipinski definition) is 6. The number of benzene rings is 2. The Bertz CT molecular complexity index is 1210. The van der Waals surface area contributed by atoms with E-state index in [1.165, 1.54) is 11.8 Å². The average molecular weight is 483 g/mol. The zero-order chi connectivity index (χ0) is 24.8. The fourth-order valence-corrected chi connectivity index (χ4v) is 4.69. The van der Waals surface area contributed by atoms with Crippen molar-refractivity contribution >= 4 is 46.3 Å². The molecule has 0 saturated carbocycles. The minimum atomic E-state index is -0.390. The van der Waals surface area contributed by atoms with Gasteiger partial charge in [-0.3, -0.25) is 9.59 Å². The van der Waals surface area contributed by atoms with Gasteiger partial charge in [0, 0.05) is 12.2 Å². The number of anilines is 1. The molecule has 2 amide bonds. The fraction of sp³-hybridized carbons (Fsp3) is 0.360. The molecule has 9 heteroatoms. The molecule has 2 N–H and O–H groups in total. The highest BCUT2D eigenvalue weighted by Gasteiger charge is 2.16. The number of hydrogen-bond donors (Lipinski definition) is 2. The lowest BCUT2D eigenvalue weighted by atomic mass is 10.1. The number of aryl methyl sites for hydroxylation is 4. The third-order valence-electron chi connectivity index (χ3n) is 5.26. The lowest BCUT2D eigenvalue weighted by Gasteiger charge is -2.13. The number of ether oxygens (including phenoxy) is 1. The number of fused-ring (bicyclic) bond motifs is 1. The zero-order valence-electron chi connectivity index (χ0n) is 20.2. The van der Waals surface area contributed by atoms with Gasteiger partial charge in [0.05, 0.1) is 35.5 Å². The Labute approximate surface area is 203 Å². The van der Waals surface area contributed by atoms with Crippen LogP contribution in [0.15, 0.2) is 35.5 Å². The van der Waals surface area contributed by atoms with E-state index < -0.39 is 5.97 Å². The molecule has 0 spiro atoms. The SMILES string of the molecule is CCOC(=O)c1ccc2c(c1)nc(SCC(=O)NCC(=O)Nc1c(C)cc(C)cc1C)n2CC. The van der Waals surface area contributed by atoms with Crippen molar-refractivity contribution in [2.24, 2.45) is 0 Å². The number of amides is 2. The predicted molar refractivity (Wildman–Crippen MR) is 134 cm³/mol. The number of thioether (sulfide) groups is 1. The van der Waals surface area contributed by atoms with Gasteiger partial charge in [0.25, 0.3) is 0 Å². The molecule has 0 radical (unpaired) electrons. The van der Waals surface area contributed by atoms with Crippen LogP contribution in [0.1, 0.15) is 40.9 Å². The molecule has 0 bridgehead atoms. The molecule has 2 aromatic carbocycles. The summed E-state index contributed by atoms with van der Waals surface area (Å²) in [7, 11) is 0. The van der Waals surface area contributed by atoms with E-state index in [4.69, 9.17) is 4.74 Å². The van der Waals surface area contributed by atoms with Crippen molar-refractivity contribution in [1.29, 1.82) is 0 Å². The molecule has 0 fully saturated rings. The average Bonchev–Trinajstić information content (AvgIpc) is 3.15. The van der Waals surface area contributed by atoms with E-state index in [0.29, 0.717) is 29.4 Å². The van der Waals surface area contributed by atoms with Gasteiger partial charge in [-0.1, -0.05) is 29.5 Å². The molecule has 0 atom stereocenters. The van der Waals surface area contributed by atoms with Gasteiger partial charge in [-0.2, -0.15) is 0 Å². The summed E-state index contributed by atoms with van der Waals surface area (Å²) < 4.78 is 7.04.